The Morgan fingerprint density at radius 3 is 2.55 bits per heavy atom. The van der Waals surface area contributed by atoms with Gasteiger partial charge in [-0.3, -0.25) is 0 Å². The van der Waals surface area contributed by atoms with Crippen LogP contribution in [0.1, 0.15) is 63.5 Å². The lowest BCUT2D eigenvalue weighted by Gasteiger charge is -2.29. The molecule has 1 N–H and O–H groups in total. The number of hydrogen-bond acceptors (Lipinski definition) is 1. The smallest absolute Gasteiger partial charge is 0.129 e. The zero-order valence-corrected chi connectivity index (χ0v) is 13.9. The summed E-state index contributed by atoms with van der Waals surface area (Å²) in [5, 5.41) is 3.59. The molecule has 1 aromatic carbocycles. The molecule has 1 unspecified atom stereocenters. The second kappa shape index (κ2) is 8.14. The van der Waals surface area contributed by atoms with Crippen LogP contribution in [-0.2, 0) is 0 Å². The van der Waals surface area contributed by atoms with Crippen molar-refractivity contribution in [2.75, 3.05) is 6.54 Å². The van der Waals surface area contributed by atoms with Crippen LogP contribution in [-0.4, -0.2) is 6.54 Å². The number of halogens is 2. The van der Waals surface area contributed by atoms with Crippen LogP contribution in [0.4, 0.5) is 4.39 Å². The largest absolute Gasteiger partial charge is 0.310 e. The van der Waals surface area contributed by atoms with Crippen molar-refractivity contribution in [2.45, 2.75) is 57.9 Å². The zero-order valence-electron chi connectivity index (χ0n) is 12.3. The maximum atomic E-state index is 14.3. The summed E-state index contributed by atoms with van der Waals surface area (Å²) in [4.78, 5) is 0. The van der Waals surface area contributed by atoms with Crippen LogP contribution in [0.25, 0.3) is 0 Å². The van der Waals surface area contributed by atoms with Crippen molar-refractivity contribution >= 4 is 15.9 Å². The summed E-state index contributed by atoms with van der Waals surface area (Å²) in [5.41, 5.74) is 0.827. The number of hydrogen-bond donors (Lipinski definition) is 1. The van der Waals surface area contributed by atoms with Gasteiger partial charge in [0.1, 0.15) is 5.82 Å². The molecule has 112 valence electrons. The second-order valence-electron chi connectivity index (χ2n) is 5.82. The minimum Gasteiger partial charge on any atom is -0.310 e. The van der Waals surface area contributed by atoms with E-state index in [1.807, 2.05) is 6.07 Å². The van der Waals surface area contributed by atoms with Crippen LogP contribution >= 0.6 is 15.9 Å². The lowest BCUT2D eigenvalue weighted by molar-refractivity contribution is 0.317. The fourth-order valence-electron chi connectivity index (χ4n) is 3.26. The van der Waals surface area contributed by atoms with Crippen LogP contribution in [0.3, 0.4) is 0 Å². The molecular weight excluding hydrogens is 317 g/mol. The summed E-state index contributed by atoms with van der Waals surface area (Å²) in [7, 11) is 0. The van der Waals surface area contributed by atoms with Crippen molar-refractivity contribution in [3.63, 3.8) is 0 Å². The highest BCUT2D eigenvalue weighted by molar-refractivity contribution is 9.10. The van der Waals surface area contributed by atoms with Crippen molar-refractivity contribution in [3.8, 4) is 0 Å². The number of benzene rings is 1. The normalized spacial score (nSPS) is 18.8. The van der Waals surface area contributed by atoms with Crippen molar-refractivity contribution in [1.82, 2.24) is 5.32 Å². The first kappa shape index (κ1) is 16.0. The van der Waals surface area contributed by atoms with Gasteiger partial charge in [0.05, 0.1) is 0 Å². The van der Waals surface area contributed by atoms with E-state index in [1.54, 1.807) is 12.1 Å². The second-order valence-corrected chi connectivity index (χ2v) is 6.67. The lowest BCUT2D eigenvalue weighted by atomic mass is 9.87. The Balaban J connectivity index is 2.25. The van der Waals surface area contributed by atoms with Crippen LogP contribution in [0.2, 0.25) is 0 Å². The molecule has 0 heterocycles. The topological polar surface area (TPSA) is 12.0 Å². The Morgan fingerprint density at radius 2 is 1.95 bits per heavy atom. The average molecular weight is 342 g/mol. The lowest BCUT2D eigenvalue weighted by Crippen LogP contribution is -2.30. The molecule has 0 spiro atoms. The van der Waals surface area contributed by atoms with E-state index in [9.17, 15) is 4.39 Å². The molecule has 2 rings (SSSR count). The zero-order chi connectivity index (χ0) is 14.4. The molecule has 0 saturated heterocycles. The average Bonchev–Trinajstić information content (AvgIpc) is 2.71. The van der Waals surface area contributed by atoms with E-state index in [4.69, 9.17) is 0 Å². The molecule has 1 aliphatic carbocycles. The van der Waals surface area contributed by atoms with Gasteiger partial charge in [-0.25, -0.2) is 4.39 Å². The molecule has 1 nitrogen and oxygen atoms in total. The molecule has 1 aliphatic rings. The van der Waals surface area contributed by atoms with Gasteiger partial charge in [0.25, 0.3) is 0 Å². The maximum Gasteiger partial charge on any atom is 0.129 e. The predicted octanol–water partition coefficient (Wildman–Crippen LogP) is 5.60. The fourth-order valence-corrected chi connectivity index (χ4v) is 3.84. The van der Waals surface area contributed by atoms with Gasteiger partial charge in [0.2, 0.25) is 0 Å². The van der Waals surface area contributed by atoms with Gasteiger partial charge in [-0.15, -0.1) is 0 Å². The Labute approximate surface area is 130 Å². The summed E-state index contributed by atoms with van der Waals surface area (Å²) in [5.74, 6) is 0.467. The van der Waals surface area contributed by atoms with E-state index in [0.717, 1.165) is 23.0 Å². The first-order chi connectivity index (χ1) is 9.74. The fraction of sp³-hybridized carbons (Fsp3) is 0.647. The molecule has 1 aromatic rings. The van der Waals surface area contributed by atoms with E-state index in [2.05, 4.69) is 28.2 Å². The standard InChI is InChI=1S/C17H25BrFN/c1-2-12-20-17(13-8-5-3-4-6-9-13)16-14(18)10-7-11-15(16)19/h7,10-11,13,17,20H,2-6,8-9,12H2,1H3. The van der Waals surface area contributed by atoms with Crippen molar-refractivity contribution < 1.29 is 4.39 Å². The molecule has 20 heavy (non-hydrogen) atoms. The summed E-state index contributed by atoms with van der Waals surface area (Å²) < 4.78 is 15.2. The quantitative estimate of drug-likeness (QED) is 0.687. The van der Waals surface area contributed by atoms with Gasteiger partial charge >= 0.3 is 0 Å². The SMILES string of the molecule is CCCNC(c1c(F)cccc1Br)C1CCCCCC1. The summed E-state index contributed by atoms with van der Waals surface area (Å²) in [6.45, 7) is 3.11. The first-order valence-corrected chi connectivity index (χ1v) is 8.70. The molecule has 0 radical (unpaired) electrons. The van der Waals surface area contributed by atoms with E-state index >= 15 is 0 Å². The molecule has 1 fully saturated rings. The molecule has 3 heteroatoms. The van der Waals surface area contributed by atoms with E-state index in [0.29, 0.717) is 5.92 Å². The third kappa shape index (κ3) is 4.05. The number of rotatable bonds is 5. The molecule has 0 amide bonds. The van der Waals surface area contributed by atoms with Gasteiger partial charge in [-0.05, 0) is 43.9 Å². The van der Waals surface area contributed by atoms with Crippen LogP contribution in [0.5, 0.6) is 0 Å². The third-order valence-corrected chi connectivity index (χ3v) is 4.99. The third-order valence-electron chi connectivity index (χ3n) is 4.30. The van der Waals surface area contributed by atoms with Gasteiger partial charge in [-0.1, -0.05) is 54.6 Å². The minimum atomic E-state index is -0.0859. The summed E-state index contributed by atoms with van der Waals surface area (Å²) in [6, 6.07) is 5.45. The Bertz CT molecular complexity index is 393. The van der Waals surface area contributed by atoms with Gasteiger partial charge in [0.15, 0.2) is 0 Å². The highest BCUT2D eigenvalue weighted by Crippen LogP contribution is 2.37. The van der Waals surface area contributed by atoms with Gasteiger partial charge < -0.3 is 5.32 Å². The molecular formula is C17H25BrFN. The highest BCUT2D eigenvalue weighted by Gasteiger charge is 2.27. The van der Waals surface area contributed by atoms with E-state index in [-0.39, 0.29) is 11.9 Å². The predicted molar refractivity (Wildman–Crippen MR) is 86.3 cm³/mol. The molecule has 0 aliphatic heterocycles. The monoisotopic (exact) mass is 341 g/mol. The molecule has 0 bridgehead atoms. The maximum absolute atomic E-state index is 14.3. The van der Waals surface area contributed by atoms with Gasteiger partial charge in [-0.2, -0.15) is 0 Å². The van der Waals surface area contributed by atoms with Crippen molar-refractivity contribution in [3.05, 3.63) is 34.1 Å². The molecule has 1 saturated carbocycles. The van der Waals surface area contributed by atoms with Crippen molar-refractivity contribution in [1.29, 1.82) is 0 Å². The Kier molecular flexibility index (Phi) is 6.50. The highest BCUT2D eigenvalue weighted by atomic mass is 79.9. The van der Waals surface area contributed by atoms with Crippen LogP contribution in [0, 0.1) is 11.7 Å². The van der Waals surface area contributed by atoms with E-state index < -0.39 is 0 Å². The van der Waals surface area contributed by atoms with Gasteiger partial charge in [0, 0.05) is 16.1 Å². The first-order valence-electron chi connectivity index (χ1n) is 7.91. The van der Waals surface area contributed by atoms with Crippen LogP contribution in [0.15, 0.2) is 22.7 Å². The van der Waals surface area contributed by atoms with Crippen molar-refractivity contribution in [2.24, 2.45) is 5.92 Å². The molecule has 1 atom stereocenters. The minimum absolute atomic E-state index is 0.0859. The summed E-state index contributed by atoms with van der Waals surface area (Å²) >= 11 is 3.55. The Hall–Kier alpha value is -0.410. The Morgan fingerprint density at radius 1 is 1.25 bits per heavy atom. The molecule has 0 aromatic heterocycles. The van der Waals surface area contributed by atoms with E-state index in [1.165, 1.54) is 38.5 Å². The summed E-state index contributed by atoms with van der Waals surface area (Å²) in [6.07, 6.45) is 8.71. The number of nitrogens with one attached hydrogen (secondary N) is 1. The van der Waals surface area contributed by atoms with Crippen LogP contribution < -0.4 is 5.32 Å².